The van der Waals surface area contributed by atoms with Crippen LogP contribution in [0.4, 0.5) is 0 Å². The van der Waals surface area contributed by atoms with Gasteiger partial charge in [0, 0.05) is 17.1 Å². The molecule has 0 saturated carbocycles. The van der Waals surface area contributed by atoms with E-state index in [0.29, 0.717) is 12.2 Å². The van der Waals surface area contributed by atoms with Crippen LogP contribution in [0.2, 0.25) is 0 Å². The van der Waals surface area contributed by atoms with Crippen molar-refractivity contribution >= 4 is 23.1 Å². The third-order valence-corrected chi connectivity index (χ3v) is 5.48. The van der Waals surface area contributed by atoms with E-state index >= 15 is 0 Å². The molecule has 31 heavy (non-hydrogen) atoms. The Bertz CT molecular complexity index is 1300. The summed E-state index contributed by atoms with van der Waals surface area (Å²) in [5.41, 5.74) is 14.4. The van der Waals surface area contributed by atoms with Crippen LogP contribution in [0.25, 0.3) is 22.2 Å². The van der Waals surface area contributed by atoms with Gasteiger partial charge in [-0.15, -0.1) is 0 Å². The summed E-state index contributed by atoms with van der Waals surface area (Å²) in [6, 6.07) is 15.1. The van der Waals surface area contributed by atoms with Crippen molar-refractivity contribution < 1.29 is 0 Å². The van der Waals surface area contributed by atoms with Gasteiger partial charge in [0.25, 0.3) is 0 Å². The summed E-state index contributed by atoms with van der Waals surface area (Å²) >= 11 is 0. The molecule has 0 saturated heterocycles. The molecule has 156 valence electrons. The second-order valence-electron chi connectivity index (χ2n) is 7.73. The van der Waals surface area contributed by atoms with E-state index in [4.69, 9.17) is 16.1 Å². The Kier molecular flexibility index (Phi) is 5.62. The molecule has 0 bridgehead atoms. The summed E-state index contributed by atoms with van der Waals surface area (Å²) in [6.07, 6.45) is 5.45. The summed E-state index contributed by atoms with van der Waals surface area (Å²) in [4.78, 5) is 13.3. The van der Waals surface area contributed by atoms with Crippen LogP contribution in [0.1, 0.15) is 34.9 Å². The Morgan fingerprint density at radius 3 is 2.77 bits per heavy atom. The first-order valence-electron chi connectivity index (χ1n) is 10.3. The molecule has 6 nitrogen and oxygen atoms in total. The first-order chi connectivity index (χ1) is 15.0. The third kappa shape index (κ3) is 4.10. The van der Waals surface area contributed by atoms with Crippen molar-refractivity contribution in [3.63, 3.8) is 0 Å². The Balaban J connectivity index is 1.88. The molecule has 0 aliphatic rings. The Morgan fingerprint density at radius 2 is 2.00 bits per heavy atom. The van der Waals surface area contributed by atoms with Crippen LogP contribution >= 0.6 is 0 Å². The van der Waals surface area contributed by atoms with Crippen LogP contribution in [0.3, 0.4) is 0 Å². The zero-order chi connectivity index (χ0) is 22.0. The molecule has 0 amide bonds. The average molecular weight is 411 g/mol. The lowest BCUT2D eigenvalue weighted by atomic mass is 9.95. The van der Waals surface area contributed by atoms with Crippen LogP contribution in [0.5, 0.6) is 0 Å². The summed E-state index contributed by atoms with van der Waals surface area (Å²) in [5.74, 6) is 0.230. The smallest absolute Gasteiger partial charge is 0.152 e. The molecule has 0 fully saturated rings. The second-order valence-corrected chi connectivity index (χ2v) is 7.73. The van der Waals surface area contributed by atoms with Gasteiger partial charge in [0.1, 0.15) is 12.0 Å². The topological polar surface area (TPSA) is 92.9 Å². The van der Waals surface area contributed by atoms with Crippen LogP contribution in [-0.2, 0) is 13.0 Å². The molecule has 4 aromatic rings. The van der Waals surface area contributed by atoms with Gasteiger partial charge in [-0.3, -0.25) is 5.41 Å². The van der Waals surface area contributed by atoms with Gasteiger partial charge in [0.15, 0.2) is 5.84 Å². The van der Waals surface area contributed by atoms with Gasteiger partial charge >= 0.3 is 0 Å². The van der Waals surface area contributed by atoms with E-state index in [1.807, 2.05) is 10.8 Å². The summed E-state index contributed by atoms with van der Waals surface area (Å²) < 4.78 is 1.98. The lowest BCUT2D eigenvalue weighted by Gasteiger charge is -2.16. The maximum atomic E-state index is 7.11. The first kappa shape index (κ1) is 20.5. The molecule has 2 aromatic heterocycles. The van der Waals surface area contributed by atoms with Crippen molar-refractivity contribution in [2.45, 2.75) is 33.7 Å². The highest BCUT2D eigenvalue weighted by atomic mass is 15.1. The van der Waals surface area contributed by atoms with Crippen molar-refractivity contribution in [2.24, 2.45) is 10.7 Å². The monoisotopic (exact) mass is 410 g/mol. The highest BCUT2D eigenvalue weighted by Crippen LogP contribution is 2.31. The number of benzene rings is 2. The fourth-order valence-corrected chi connectivity index (χ4v) is 3.87. The van der Waals surface area contributed by atoms with E-state index in [9.17, 15) is 0 Å². The van der Waals surface area contributed by atoms with E-state index in [0.717, 1.165) is 40.5 Å². The number of nitrogens with two attached hydrogens (primary N) is 1. The van der Waals surface area contributed by atoms with Gasteiger partial charge < -0.3 is 10.3 Å². The van der Waals surface area contributed by atoms with Crippen LogP contribution in [0.15, 0.2) is 60.0 Å². The first-order valence-corrected chi connectivity index (χ1v) is 10.3. The van der Waals surface area contributed by atoms with E-state index in [1.54, 1.807) is 6.33 Å². The van der Waals surface area contributed by atoms with Crippen molar-refractivity contribution in [1.82, 2.24) is 14.5 Å². The van der Waals surface area contributed by atoms with Gasteiger partial charge in [-0.25, -0.2) is 15.0 Å². The highest BCUT2D eigenvalue weighted by Gasteiger charge is 2.15. The Hall–Kier alpha value is -3.80. The minimum absolute atomic E-state index is 0.230. The van der Waals surface area contributed by atoms with E-state index in [-0.39, 0.29) is 5.84 Å². The molecule has 6 heteroatoms. The largest absolute Gasteiger partial charge is 0.382 e. The second kappa shape index (κ2) is 8.52. The zero-order valence-corrected chi connectivity index (χ0v) is 18.1. The predicted molar refractivity (Wildman–Crippen MR) is 127 cm³/mol. The highest BCUT2D eigenvalue weighted by molar-refractivity contribution is 5.99. The number of hydrogen-bond acceptors (Lipinski definition) is 3. The number of fused-ring (bicyclic) bond motifs is 1. The lowest BCUT2D eigenvalue weighted by Crippen LogP contribution is -2.13. The number of pyridine rings is 1. The molecule has 0 spiro atoms. The standard InChI is InChI=1S/C25H26N6/c1-4-18-9-8-16(2)10-21(18)24-20(11-19-7-5-6-17(3)23(19)30-24)12-31-13-22(29-15-31)25(27)28-14-26/h5-11,13-15H,4,12H2,1-3H3,(H3,26,27,28). The molecular weight excluding hydrogens is 384 g/mol. The lowest BCUT2D eigenvalue weighted by molar-refractivity contribution is 0.796. The van der Waals surface area contributed by atoms with E-state index in [2.05, 4.69) is 73.2 Å². The molecular formula is C25H26N6. The number of aryl methyl sites for hydroxylation is 3. The number of nitrogens with zero attached hydrogens (tertiary/aromatic N) is 4. The number of amidine groups is 1. The summed E-state index contributed by atoms with van der Waals surface area (Å²) in [6.45, 7) is 6.99. The third-order valence-electron chi connectivity index (χ3n) is 5.48. The maximum Gasteiger partial charge on any atom is 0.152 e. The van der Waals surface area contributed by atoms with Crippen molar-refractivity contribution in [2.75, 3.05) is 0 Å². The number of hydrogen-bond donors (Lipinski definition) is 2. The summed E-state index contributed by atoms with van der Waals surface area (Å²) in [5, 5.41) is 8.23. The molecule has 0 atom stereocenters. The molecule has 0 aliphatic heterocycles. The van der Waals surface area contributed by atoms with Crippen LogP contribution < -0.4 is 5.73 Å². The maximum absolute atomic E-state index is 7.11. The number of para-hydroxylation sites is 1. The minimum atomic E-state index is 0.230. The SMILES string of the molecule is CCc1ccc(C)cc1-c1nc2c(C)cccc2cc1Cn1cnc(C(N)=NC=N)c1. The van der Waals surface area contributed by atoms with Gasteiger partial charge in [-0.1, -0.05) is 42.8 Å². The number of imidazole rings is 1. The predicted octanol–water partition coefficient (Wildman–Crippen LogP) is 4.64. The van der Waals surface area contributed by atoms with Crippen molar-refractivity contribution in [3.8, 4) is 11.3 Å². The molecule has 4 rings (SSSR count). The van der Waals surface area contributed by atoms with Crippen LogP contribution in [0, 0.1) is 19.3 Å². The quantitative estimate of drug-likeness (QED) is 0.358. The normalized spacial score (nSPS) is 11.8. The van der Waals surface area contributed by atoms with Crippen molar-refractivity contribution in [1.29, 1.82) is 5.41 Å². The fourth-order valence-electron chi connectivity index (χ4n) is 3.87. The molecule has 2 heterocycles. The van der Waals surface area contributed by atoms with Crippen molar-refractivity contribution in [3.05, 3.63) is 82.9 Å². The minimum Gasteiger partial charge on any atom is -0.382 e. The van der Waals surface area contributed by atoms with E-state index < -0.39 is 0 Å². The molecule has 0 radical (unpaired) electrons. The van der Waals surface area contributed by atoms with Gasteiger partial charge in [-0.05, 0) is 49.1 Å². The number of nitrogens with one attached hydrogen (secondary N) is 1. The van der Waals surface area contributed by atoms with Gasteiger partial charge in [-0.2, -0.15) is 0 Å². The molecule has 2 aromatic carbocycles. The number of rotatable bonds is 6. The molecule has 0 unspecified atom stereocenters. The van der Waals surface area contributed by atoms with Crippen LogP contribution in [-0.4, -0.2) is 26.7 Å². The molecule has 3 N–H and O–H groups in total. The molecule has 0 aliphatic carbocycles. The fraction of sp³-hybridized carbons (Fsp3) is 0.200. The van der Waals surface area contributed by atoms with Gasteiger partial charge in [0.05, 0.1) is 24.1 Å². The number of aliphatic imine (C=N–C) groups is 1. The Labute approximate surface area is 182 Å². The number of aromatic nitrogens is 3. The zero-order valence-electron chi connectivity index (χ0n) is 18.1. The van der Waals surface area contributed by atoms with E-state index in [1.165, 1.54) is 16.7 Å². The summed E-state index contributed by atoms with van der Waals surface area (Å²) in [7, 11) is 0. The average Bonchev–Trinajstić information content (AvgIpc) is 3.22. The Morgan fingerprint density at radius 1 is 1.16 bits per heavy atom. The van der Waals surface area contributed by atoms with Gasteiger partial charge in [0.2, 0.25) is 0 Å².